The van der Waals surface area contributed by atoms with Gasteiger partial charge in [0, 0.05) is 0 Å². The summed E-state index contributed by atoms with van der Waals surface area (Å²) in [5, 5.41) is 13.9. The first-order valence-electron chi connectivity index (χ1n) is 6.17. The van der Waals surface area contributed by atoms with Gasteiger partial charge in [-0.15, -0.1) is 0 Å². The number of hydrogen-bond acceptors (Lipinski definition) is 5. The zero-order chi connectivity index (χ0) is 14.6. The van der Waals surface area contributed by atoms with Crippen LogP contribution in [0.2, 0.25) is 0 Å². The van der Waals surface area contributed by atoms with Crippen LogP contribution in [0.25, 0.3) is 0 Å². The molecule has 1 heterocycles. The van der Waals surface area contributed by atoms with Gasteiger partial charge in [0.15, 0.2) is 5.78 Å². The Balaban J connectivity index is 2.33. The highest BCUT2D eigenvalue weighted by Gasteiger charge is 2.32. The minimum absolute atomic E-state index is 0.168. The van der Waals surface area contributed by atoms with E-state index in [-0.39, 0.29) is 12.3 Å². The van der Waals surface area contributed by atoms with E-state index in [1.807, 2.05) is 0 Å². The summed E-state index contributed by atoms with van der Waals surface area (Å²) in [7, 11) is 0. The van der Waals surface area contributed by atoms with Gasteiger partial charge in [0.2, 0.25) is 0 Å². The summed E-state index contributed by atoms with van der Waals surface area (Å²) in [6.07, 6.45) is 0.220. The highest BCUT2D eigenvalue weighted by Crippen LogP contribution is 2.13. The number of Topliss-reactive ketones (excluding diaryl/α,β-unsaturated/α-hetero) is 1. The molecule has 0 spiro atoms. The number of hydrogen-bond donors (Lipinski definition) is 3. The molecule has 2 atom stereocenters. The molecule has 0 saturated carbocycles. The fourth-order valence-electron chi connectivity index (χ4n) is 1.79. The van der Waals surface area contributed by atoms with Crippen LogP contribution < -0.4 is 10.6 Å². The fourth-order valence-corrected chi connectivity index (χ4v) is 1.79. The lowest BCUT2D eigenvalue weighted by molar-refractivity contribution is -0.139. The van der Waals surface area contributed by atoms with Crippen molar-refractivity contribution in [2.45, 2.75) is 51.3 Å². The summed E-state index contributed by atoms with van der Waals surface area (Å²) < 4.78 is 4.99. The van der Waals surface area contributed by atoms with Crippen molar-refractivity contribution in [3.05, 3.63) is 0 Å². The van der Waals surface area contributed by atoms with Crippen molar-refractivity contribution in [2.75, 3.05) is 6.54 Å². The number of amides is 1. The summed E-state index contributed by atoms with van der Waals surface area (Å²) in [4.78, 5) is 33.8. The second-order valence-electron chi connectivity index (χ2n) is 5.51. The lowest BCUT2D eigenvalue weighted by Crippen LogP contribution is -2.44. The van der Waals surface area contributed by atoms with Gasteiger partial charge in [-0.05, 0) is 33.6 Å². The van der Waals surface area contributed by atoms with E-state index < -0.39 is 29.7 Å². The van der Waals surface area contributed by atoms with Crippen LogP contribution in [-0.2, 0) is 14.3 Å². The molecule has 1 aliphatic rings. The molecule has 1 fully saturated rings. The third-order valence-corrected chi connectivity index (χ3v) is 2.64. The van der Waals surface area contributed by atoms with E-state index in [0.29, 0.717) is 12.8 Å². The largest absolute Gasteiger partial charge is 0.480 e. The van der Waals surface area contributed by atoms with Crippen molar-refractivity contribution in [3.63, 3.8) is 0 Å². The number of carbonyl (C=O) groups excluding carboxylic acids is 2. The Morgan fingerprint density at radius 3 is 2.32 bits per heavy atom. The Morgan fingerprint density at radius 1 is 1.26 bits per heavy atom. The number of nitrogens with one attached hydrogen (secondary N) is 2. The van der Waals surface area contributed by atoms with E-state index in [2.05, 4.69) is 10.6 Å². The summed E-state index contributed by atoms with van der Waals surface area (Å²) >= 11 is 0. The maximum absolute atomic E-state index is 11.8. The van der Waals surface area contributed by atoms with Gasteiger partial charge in [0.05, 0.1) is 12.6 Å². The Morgan fingerprint density at radius 2 is 1.84 bits per heavy atom. The van der Waals surface area contributed by atoms with Crippen molar-refractivity contribution in [1.29, 1.82) is 0 Å². The summed E-state index contributed by atoms with van der Waals surface area (Å²) in [6, 6.07) is -1.20. The maximum Gasteiger partial charge on any atom is 0.408 e. The lowest BCUT2D eigenvalue weighted by Gasteiger charge is -2.20. The van der Waals surface area contributed by atoms with Crippen LogP contribution >= 0.6 is 0 Å². The molecule has 19 heavy (non-hydrogen) atoms. The van der Waals surface area contributed by atoms with Crippen LogP contribution in [0.1, 0.15) is 33.6 Å². The predicted octanol–water partition coefficient (Wildman–Crippen LogP) is 0.285. The first-order chi connectivity index (χ1) is 8.69. The lowest BCUT2D eigenvalue weighted by atomic mass is 10.1. The molecule has 3 N–H and O–H groups in total. The molecule has 1 saturated heterocycles. The van der Waals surface area contributed by atoms with Gasteiger partial charge in [-0.2, -0.15) is 0 Å². The second kappa shape index (κ2) is 6.01. The minimum Gasteiger partial charge on any atom is -0.480 e. The normalized spacial score (nSPS) is 22.9. The SMILES string of the molecule is CC(C)(C)OC(=O)NCC(=O)C1CCC(C(=O)O)N1. The summed E-state index contributed by atoms with van der Waals surface area (Å²) in [5.41, 5.74) is -0.618. The number of aliphatic carboxylic acids is 1. The number of carboxylic acids is 1. The van der Waals surface area contributed by atoms with E-state index in [0.717, 1.165) is 0 Å². The molecular weight excluding hydrogens is 252 g/mol. The third-order valence-electron chi connectivity index (χ3n) is 2.64. The van der Waals surface area contributed by atoms with Crippen LogP contribution in [0.3, 0.4) is 0 Å². The van der Waals surface area contributed by atoms with Gasteiger partial charge in [0.25, 0.3) is 0 Å². The van der Waals surface area contributed by atoms with Gasteiger partial charge < -0.3 is 15.2 Å². The molecule has 2 unspecified atom stereocenters. The monoisotopic (exact) mass is 272 g/mol. The third kappa shape index (κ3) is 5.25. The molecule has 7 heteroatoms. The average molecular weight is 272 g/mol. The number of rotatable bonds is 4. The van der Waals surface area contributed by atoms with Gasteiger partial charge in [-0.25, -0.2) is 4.79 Å². The molecule has 108 valence electrons. The molecule has 1 amide bonds. The number of ketones is 1. The zero-order valence-corrected chi connectivity index (χ0v) is 11.4. The van der Waals surface area contributed by atoms with Crippen molar-refractivity contribution in [3.8, 4) is 0 Å². The Labute approximate surface area is 111 Å². The highest BCUT2D eigenvalue weighted by molar-refractivity contribution is 5.89. The van der Waals surface area contributed by atoms with E-state index in [1.165, 1.54) is 0 Å². The molecule has 0 aromatic heterocycles. The van der Waals surface area contributed by atoms with E-state index in [4.69, 9.17) is 9.84 Å². The van der Waals surface area contributed by atoms with Crippen molar-refractivity contribution in [1.82, 2.24) is 10.6 Å². The Hall–Kier alpha value is -1.63. The standard InChI is InChI=1S/C12H20N2O5/c1-12(2,3)19-11(18)13-6-9(15)7-4-5-8(14-7)10(16)17/h7-8,14H,4-6H2,1-3H3,(H,13,18)(H,16,17). The van der Waals surface area contributed by atoms with E-state index >= 15 is 0 Å². The summed E-state index contributed by atoms with van der Waals surface area (Å²) in [6.45, 7) is 5.01. The quantitative estimate of drug-likeness (QED) is 0.679. The Bertz CT molecular complexity index is 375. The highest BCUT2D eigenvalue weighted by atomic mass is 16.6. The van der Waals surface area contributed by atoms with Gasteiger partial charge >= 0.3 is 12.1 Å². The van der Waals surface area contributed by atoms with Crippen molar-refractivity contribution >= 4 is 17.8 Å². The molecular formula is C12H20N2O5. The topological polar surface area (TPSA) is 105 Å². The fraction of sp³-hybridized carbons (Fsp3) is 0.750. The van der Waals surface area contributed by atoms with E-state index in [9.17, 15) is 14.4 Å². The smallest absolute Gasteiger partial charge is 0.408 e. The van der Waals surface area contributed by atoms with Crippen LogP contribution in [-0.4, -0.2) is 47.2 Å². The van der Waals surface area contributed by atoms with Gasteiger partial charge in [0.1, 0.15) is 11.6 Å². The van der Waals surface area contributed by atoms with Crippen molar-refractivity contribution in [2.24, 2.45) is 0 Å². The molecule has 1 aliphatic heterocycles. The zero-order valence-electron chi connectivity index (χ0n) is 11.4. The number of ether oxygens (including phenoxy) is 1. The molecule has 7 nitrogen and oxygen atoms in total. The molecule has 0 aromatic rings. The molecule has 0 radical (unpaired) electrons. The number of alkyl carbamates (subject to hydrolysis) is 1. The van der Waals surface area contributed by atoms with E-state index in [1.54, 1.807) is 20.8 Å². The minimum atomic E-state index is -0.963. The average Bonchev–Trinajstić information content (AvgIpc) is 2.72. The van der Waals surface area contributed by atoms with Crippen LogP contribution in [0.4, 0.5) is 4.79 Å². The molecule has 0 aliphatic carbocycles. The maximum atomic E-state index is 11.8. The number of carbonyl (C=O) groups is 3. The summed E-state index contributed by atoms with van der Waals surface area (Å²) in [5.74, 6) is -1.20. The van der Waals surface area contributed by atoms with Crippen molar-refractivity contribution < 1.29 is 24.2 Å². The number of carboxylic acid groups (broad SMARTS) is 1. The van der Waals surface area contributed by atoms with Gasteiger partial charge in [-0.1, -0.05) is 0 Å². The molecule has 0 bridgehead atoms. The first-order valence-corrected chi connectivity index (χ1v) is 6.17. The van der Waals surface area contributed by atoms with Gasteiger partial charge in [-0.3, -0.25) is 14.9 Å². The van der Waals surface area contributed by atoms with Crippen LogP contribution in [0, 0.1) is 0 Å². The van der Waals surface area contributed by atoms with Crippen LogP contribution in [0.15, 0.2) is 0 Å². The van der Waals surface area contributed by atoms with Crippen LogP contribution in [0.5, 0.6) is 0 Å². The molecule has 0 aromatic carbocycles. The first kappa shape index (κ1) is 15.4. The molecule has 1 rings (SSSR count). The second-order valence-corrected chi connectivity index (χ2v) is 5.51. The predicted molar refractivity (Wildman–Crippen MR) is 66.8 cm³/mol. The Kier molecular flexibility index (Phi) is 4.88.